The van der Waals surface area contributed by atoms with Crippen LogP contribution in [0, 0.1) is 5.41 Å². The third kappa shape index (κ3) is 1.34. The second-order valence-electron chi connectivity index (χ2n) is 7.85. The van der Waals surface area contributed by atoms with E-state index in [9.17, 15) is 4.79 Å². The fourth-order valence-electron chi connectivity index (χ4n) is 5.86. The Bertz CT molecular complexity index is 829. The van der Waals surface area contributed by atoms with Crippen LogP contribution < -0.4 is 0 Å². The molecule has 2 aromatic rings. The molecule has 1 aromatic carbocycles. The molecule has 2 fully saturated rings. The summed E-state index contributed by atoms with van der Waals surface area (Å²) in [5.74, 6) is 1.31. The van der Waals surface area contributed by atoms with Gasteiger partial charge in [-0.2, -0.15) is 0 Å². The number of piperidine rings is 1. The van der Waals surface area contributed by atoms with Crippen LogP contribution in [0.5, 0.6) is 0 Å². The minimum absolute atomic E-state index is 0.0311. The van der Waals surface area contributed by atoms with Crippen molar-refractivity contribution in [3.63, 3.8) is 0 Å². The van der Waals surface area contributed by atoms with Crippen LogP contribution in [-0.4, -0.2) is 29.1 Å². The lowest BCUT2D eigenvalue weighted by Gasteiger charge is -2.51. The number of rotatable bonds is 2. The molecule has 1 amide bonds. The summed E-state index contributed by atoms with van der Waals surface area (Å²) in [5.41, 5.74) is 1.69. The number of benzene rings is 1. The van der Waals surface area contributed by atoms with Gasteiger partial charge in [0, 0.05) is 29.5 Å². The minimum Gasteiger partial charge on any atom is -0.361 e. The lowest BCUT2D eigenvalue weighted by atomic mass is 9.55. The first-order chi connectivity index (χ1) is 11.6. The van der Waals surface area contributed by atoms with Crippen molar-refractivity contribution < 1.29 is 9.32 Å². The van der Waals surface area contributed by atoms with Crippen molar-refractivity contribution in [1.29, 1.82) is 0 Å². The van der Waals surface area contributed by atoms with Crippen molar-refractivity contribution in [2.75, 3.05) is 13.1 Å². The number of nitrogens with zero attached hydrogens (tertiary/aromatic N) is 2. The Kier molecular flexibility index (Phi) is 2.55. The monoisotopic (exact) mass is 322 g/mol. The van der Waals surface area contributed by atoms with Crippen LogP contribution >= 0.6 is 0 Å². The maximum Gasteiger partial charge on any atom is 0.234 e. The molecule has 0 radical (unpaired) electrons. The van der Waals surface area contributed by atoms with E-state index in [0.29, 0.717) is 6.42 Å². The highest BCUT2D eigenvalue weighted by molar-refractivity contribution is 5.93. The fourth-order valence-corrected chi connectivity index (χ4v) is 5.86. The van der Waals surface area contributed by atoms with Crippen LogP contribution in [0.3, 0.4) is 0 Å². The van der Waals surface area contributed by atoms with Gasteiger partial charge in [-0.05, 0) is 31.7 Å². The Morgan fingerprint density at radius 1 is 1.29 bits per heavy atom. The number of fused-ring (bicyclic) bond motifs is 2. The average molecular weight is 322 g/mol. The maximum absolute atomic E-state index is 13.7. The van der Waals surface area contributed by atoms with Crippen molar-refractivity contribution >= 4 is 5.91 Å². The summed E-state index contributed by atoms with van der Waals surface area (Å²) in [4.78, 5) is 15.7. The number of likely N-dealkylation sites (tertiary alicyclic amines) is 1. The number of carbonyl (C=O) groups excluding carboxylic acids is 1. The van der Waals surface area contributed by atoms with E-state index in [1.54, 1.807) is 0 Å². The summed E-state index contributed by atoms with van der Waals surface area (Å²) < 4.78 is 5.65. The molecule has 3 atom stereocenters. The van der Waals surface area contributed by atoms with Gasteiger partial charge in [0.1, 0.15) is 5.76 Å². The van der Waals surface area contributed by atoms with Gasteiger partial charge in [0.2, 0.25) is 5.91 Å². The lowest BCUT2D eigenvalue weighted by molar-refractivity contribution is -0.146. The van der Waals surface area contributed by atoms with Crippen LogP contribution in [0.1, 0.15) is 43.6 Å². The average Bonchev–Trinajstić information content (AvgIpc) is 2.98. The summed E-state index contributed by atoms with van der Waals surface area (Å²) in [6.07, 6.45) is 4.59. The molecule has 5 rings (SSSR count). The zero-order valence-electron chi connectivity index (χ0n) is 14.2. The fraction of sp³-hybridized carbons (Fsp3) is 0.500. The number of carbonyl (C=O) groups is 1. The number of hydrogen-bond donors (Lipinski definition) is 0. The second-order valence-corrected chi connectivity index (χ2v) is 7.85. The first kappa shape index (κ1) is 14.3. The van der Waals surface area contributed by atoms with E-state index in [4.69, 9.17) is 4.52 Å². The van der Waals surface area contributed by atoms with Crippen LogP contribution in [0.4, 0.5) is 0 Å². The van der Waals surface area contributed by atoms with Gasteiger partial charge in [0.15, 0.2) is 0 Å². The predicted molar refractivity (Wildman–Crippen MR) is 89.6 cm³/mol. The van der Waals surface area contributed by atoms with Gasteiger partial charge in [-0.25, -0.2) is 0 Å². The van der Waals surface area contributed by atoms with Crippen molar-refractivity contribution in [2.45, 2.75) is 43.9 Å². The zero-order chi connectivity index (χ0) is 16.6. The molecule has 0 unspecified atom stereocenters. The van der Waals surface area contributed by atoms with Crippen molar-refractivity contribution in [3.05, 3.63) is 53.4 Å². The Labute approximate surface area is 141 Å². The minimum atomic E-state index is -0.476. The molecule has 1 aliphatic heterocycles. The van der Waals surface area contributed by atoms with E-state index in [0.717, 1.165) is 42.8 Å². The molecule has 124 valence electrons. The van der Waals surface area contributed by atoms with E-state index < -0.39 is 5.41 Å². The lowest BCUT2D eigenvalue weighted by Crippen LogP contribution is -2.61. The quantitative estimate of drug-likeness (QED) is 0.853. The van der Waals surface area contributed by atoms with E-state index in [1.165, 1.54) is 0 Å². The van der Waals surface area contributed by atoms with Crippen LogP contribution in [0.15, 0.2) is 41.1 Å². The van der Waals surface area contributed by atoms with E-state index >= 15 is 0 Å². The standard InChI is InChI=1S/C20H22N2O2/c1-3-22-10-9-19-13-18(19,2)16-14(12-21-24-16)11-20(19,17(22)23)15-7-5-4-6-8-15/h4-8,12H,3,9-11,13H2,1-2H3/t18-,19-,20-/m0/s1. The molecule has 0 N–H and O–H groups in total. The molecule has 4 nitrogen and oxygen atoms in total. The molecule has 24 heavy (non-hydrogen) atoms. The molecule has 2 aliphatic carbocycles. The molecule has 0 bridgehead atoms. The Hall–Kier alpha value is -2.10. The summed E-state index contributed by atoms with van der Waals surface area (Å²) >= 11 is 0. The van der Waals surface area contributed by atoms with Crippen molar-refractivity contribution in [3.8, 4) is 0 Å². The number of aromatic nitrogens is 1. The smallest absolute Gasteiger partial charge is 0.234 e. The second kappa shape index (κ2) is 4.29. The normalized spacial score (nSPS) is 36.8. The van der Waals surface area contributed by atoms with Crippen molar-refractivity contribution in [2.24, 2.45) is 5.41 Å². The highest BCUT2D eigenvalue weighted by atomic mass is 16.5. The van der Waals surface area contributed by atoms with Gasteiger partial charge in [-0.1, -0.05) is 42.4 Å². The first-order valence-corrected chi connectivity index (χ1v) is 8.88. The molecule has 3 aliphatic rings. The van der Waals surface area contributed by atoms with Crippen LogP contribution in [0.25, 0.3) is 0 Å². The van der Waals surface area contributed by atoms with Gasteiger partial charge in [0.05, 0.1) is 11.6 Å². The van der Waals surface area contributed by atoms with Gasteiger partial charge >= 0.3 is 0 Å². The predicted octanol–water partition coefficient (Wildman–Crippen LogP) is 3.07. The summed E-state index contributed by atoms with van der Waals surface area (Å²) in [5, 5.41) is 4.07. The SMILES string of the molecule is CCN1CC[C@]23C[C@@]2(C)c2oncc2C[C@]3(c2ccccc2)C1=O. The Balaban J connectivity index is 1.80. The van der Waals surface area contributed by atoms with Gasteiger partial charge in [-0.15, -0.1) is 0 Å². The molecular weight excluding hydrogens is 300 g/mol. The number of amides is 1. The molecule has 1 aromatic heterocycles. The third-order valence-electron chi connectivity index (χ3n) is 7.11. The third-order valence-corrected chi connectivity index (χ3v) is 7.11. The van der Waals surface area contributed by atoms with Gasteiger partial charge in [0.25, 0.3) is 0 Å². The number of likely N-dealkylation sites (N-methyl/N-ethyl adjacent to an activating group) is 1. The van der Waals surface area contributed by atoms with E-state index in [-0.39, 0.29) is 16.7 Å². The van der Waals surface area contributed by atoms with Crippen molar-refractivity contribution in [1.82, 2.24) is 10.1 Å². The molecule has 1 spiro atoms. The Morgan fingerprint density at radius 2 is 2.08 bits per heavy atom. The highest BCUT2D eigenvalue weighted by Gasteiger charge is 2.81. The van der Waals surface area contributed by atoms with Gasteiger partial charge < -0.3 is 9.42 Å². The molecule has 4 heteroatoms. The molecular formula is C20H22N2O2. The topological polar surface area (TPSA) is 46.3 Å². The highest BCUT2D eigenvalue weighted by Crippen LogP contribution is 2.78. The summed E-state index contributed by atoms with van der Waals surface area (Å²) in [7, 11) is 0. The van der Waals surface area contributed by atoms with Crippen LogP contribution in [-0.2, 0) is 22.0 Å². The Morgan fingerprint density at radius 3 is 2.83 bits per heavy atom. The summed E-state index contributed by atoms with van der Waals surface area (Å²) in [6, 6.07) is 10.4. The maximum atomic E-state index is 13.7. The molecule has 1 saturated heterocycles. The molecule has 1 saturated carbocycles. The van der Waals surface area contributed by atoms with E-state index in [1.807, 2.05) is 17.2 Å². The zero-order valence-corrected chi connectivity index (χ0v) is 14.2. The first-order valence-electron chi connectivity index (χ1n) is 8.88. The van der Waals surface area contributed by atoms with Gasteiger partial charge in [-0.3, -0.25) is 4.79 Å². The summed E-state index contributed by atoms with van der Waals surface area (Å²) in [6.45, 7) is 5.97. The molecule has 2 heterocycles. The largest absolute Gasteiger partial charge is 0.361 e. The van der Waals surface area contributed by atoms with Crippen LogP contribution in [0.2, 0.25) is 0 Å². The number of hydrogen-bond acceptors (Lipinski definition) is 3. The van der Waals surface area contributed by atoms with E-state index in [2.05, 4.69) is 43.3 Å².